The lowest BCUT2D eigenvalue weighted by atomic mass is 9.85. The van der Waals surface area contributed by atoms with E-state index in [9.17, 15) is 14.4 Å². The van der Waals surface area contributed by atoms with Gasteiger partial charge in [0.15, 0.2) is 6.29 Å². The Morgan fingerprint density at radius 1 is 1.19 bits per heavy atom. The van der Waals surface area contributed by atoms with Crippen LogP contribution in [0.5, 0.6) is 5.75 Å². The fourth-order valence-corrected chi connectivity index (χ4v) is 3.71. The molecule has 0 radical (unpaired) electrons. The Kier molecular flexibility index (Phi) is 10.2. The maximum atomic E-state index is 12.8. The maximum absolute atomic E-state index is 12.8. The third-order valence-electron chi connectivity index (χ3n) is 4.82. The van der Waals surface area contributed by atoms with Crippen LogP contribution in [0.2, 0.25) is 0 Å². The standard InChI is InChI=1S/C23H32N2O6S/c1-5-6-19(27)32-14-13-24-18(26)11-12-25-21(28)20-23(2,3)15-30-22(31-20)16-7-9-17(29-4)10-8-16/h5-10,20,22H,11-15H2,1-4H3,(H,24,26)(H,25,28)/t20-,22?/m0/s1. The van der Waals surface area contributed by atoms with Gasteiger partial charge in [-0.1, -0.05) is 43.8 Å². The van der Waals surface area contributed by atoms with Crippen LogP contribution >= 0.6 is 11.8 Å². The number of thioether (sulfide) groups is 1. The van der Waals surface area contributed by atoms with Gasteiger partial charge in [-0.25, -0.2) is 0 Å². The molecule has 32 heavy (non-hydrogen) atoms. The van der Waals surface area contributed by atoms with E-state index in [0.717, 1.165) is 23.1 Å². The molecular weight excluding hydrogens is 432 g/mol. The van der Waals surface area contributed by atoms with E-state index in [2.05, 4.69) is 10.6 Å². The van der Waals surface area contributed by atoms with Crippen molar-refractivity contribution in [1.82, 2.24) is 10.6 Å². The summed E-state index contributed by atoms with van der Waals surface area (Å²) < 4.78 is 17.0. The zero-order valence-electron chi connectivity index (χ0n) is 19.0. The lowest BCUT2D eigenvalue weighted by molar-refractivity contribution is -0.258. The molecule has 9 heteroatoms. The third kappa shape index (κ3) is 7.96. The highest BCUT2D eigenvalue weighted by atomic mass is 32.2. The van der Waals surface area contributed by atoms with Crippen LogP contribution in [0.1, 0.15) is 39.0 Å². The largest absolute Gasteiger partial charge is 0.497 e. The van der Waals surface area contributed by atoms with Crippen molar-refractivity contribution in [3.8, 4) is 5.75 Å². The predicted octanol–water partition coefficient (Wildman–Crippen LogP) is 2.59. The molecule has 1 aliphatic rings. The first kappa shape index (κ1) is 25.9. The van der Waals surface area contributed by atoms with Gasteiger partial charge in [0, 0.05) is 36.2 Å². The Balaban J connectivity index is 1.78. The molecule has 1 aliphatic heterocycles. The Morgan fingerprint density at radius 2 is 1.91 bits per heavy atom. The summed E-state index contributed by atoms with van der Waals surface area (Å²) in [5.74, 6) is 0.753. The fourth-order valence-electron chi connectivity index (χ4n) is 3.07. The highest BCUT2D eigenvalue weighted by Crippen LogP contribution is 2.36. The van der Waals surface area contributed by atoms with Gasteiger partial charge in [0.2, 0.25) is 16.9 Å². The van der Waals surface area contributed by atoms with E-state index < -0.39 is 17.8 Å². The molecule has 0 aromatic heterocycles. The van der Waals surface area contributed by atoms with Crippen molar-refractivity contribution in [2.24, 2.45) is 5.41 Å². The number of carbonyl (C=O) groups is 3. The van der Waals surface area contributed by atoms with Gasteiger partial charge in [0.25, 0.3) is 0 Å². The summed E-state index contributed by atoms with van der Waals surface area (Å²) in [6.45, 7) is 6.52. The molecule has 1 fully saturated rings. The molecule has 0 bridgehead atoms. The van der Waals surface area contributed by atoms with Crippen LogP contribution < -0.4 is 15.4 Å². The Hall–Kier alpha value is -2.36. The van der Waals surface area contributed by atoms with E-state index in [1.165, 1.54) is 6.08 Å². The van der Waals surface area contributed by atoms with Gasteiger partial charge in [0.1, 0.15) is 11.9 Å². The monoisotopic (exact) mass is 464 g/mol. The van der Waals surface area contributed by atoms with Crippen molar-refractivity contribution >= 4 is 28.7 Å². The number of hydrogen-bond donors (Lipinski definition) is 2. The SMILES string of the molecule is CC=CC(=O)SCCNC(=O)CCNC(=O)[C@@H]1OC(c2ccc(OC)cc2)OCC1(C)C. The molecule has 8 nitrogen and oxygen atoms in total. The summed E-state index contributed by atoms with van der Waals surface area (Å²) in [5.41, 5.74) is 0.274. The minimum absolute atomic E-state index is 0.0407. The number of carbonyl (C=O) groups excluding carboxylic acids is 3. The summed E-state index contributed by atoms with van der Waals surface area (Å²) in [7, 11) is 1.59. The van der Waals surface area contributed by atoms with Crippen molar-refractivity contribution in [3.63, 3.8) is 0 Å². The molecule has 0 spiro atoms. The molecule has 2 amide bonds. The highest BCUT2D eigenvalue weighted by molar-refractivity contribution is 8.14. The lowest BCUT2D eigenvalue weighted by Crippen LogP contribution is -2.52. The average molecular weight is 465 g/mol. The molecule has 2 atom stereocenters. The second-order valence-corrected chi connectivity index (χ2v) is 9.08. The highest BCUT2D eigenvalue weighted by Gasteiger charge is 2.43. The normalized spacial score (nSPS) is 20.0. The molecule has 2 rings (SSSR count). The van der Waals surface area contributed by atoms with Crippen LogP contribution in [0.3, 0.4) is 0 Å². The van der Waals surface area contributed by atoms with Gasteiger partial charge >= 0.3 is 0 Å². The van der Waals surface area contributed by atoms with E-state index in [1.54, 1.807) is 20.1 Å². The second-order valence-electron chi connectivity index (χ2n) is 7.98. The average Bonchev–Trinajstić information content (AvgIpc) is 2.77. The predicted molar refractivity (Wildman–Crippen MR) is 123 cm³/mol. The van der Waals surface area contributed by atoms with E-state index >= 15 is 0 Å². The Labute approximate surface area is 193 Å². The van der Waals surface area contributed by atoms with E-state index in [0.29, 0.717) is 18.9 Å². The smallest absolute Gasteiger partial charge is 0.249 e. The molecule has 1 heterocycles. The zero-order valence-corrected chi connectivity index (χ0v) is 19.8. The van der Waals surface area contributed by atoms with Crippen LogP contribution in [-0.2, 0) is 23.9 Å². The van der Waals surface area contributed by atoms with E-state index in [-0.39, 0.29) is 29.9 Å². The van der Waals surface area contributed by atoms with E-state index in [4.69, 9.17) is 14.2 Å². The van der Waals surface area contributed by atoms with Crippen LogP contribution in [0.4, 0.5) is 0 Å². The third-order valence-corrected chi connectivity index (χ3v) is 5.65. The Bertz CT molecular complexity index is 809. The number of ether oxygens (including phenoxy) is 3. The minimum Gasteiger partial charge on any atom is -0.497 e. The van der Waals surface area contributed by atoms with E-state index in [1.807, 2.05) is 38.1 Å². The second kappa shape index (κ2) is 12.6. The summed E-state index contributed by atoms with van der Waals surface area (Å²) in [6.07, 6.45) is 1.93. The quantitative estimate of drug-likeness (QED) is 0.405. The van der Waals surface area contributed by atoms with Crippen LogP contribution in [0.25, 0.3) is 0 Å². The lowest BCUT2D eigenvalue weighted by Gasteiger charge is -2.41. The van der Waals surface area contributed by atoms with Crippen molar-refractivity contribution < 1.29 is 28.6 Å². The molecule has 176 valence electrons. The molecule has 1 unspecified atom stereocenters. The number of hydrogen-bond acceptors (Lipinski definition) is 7. The number of nitrogens with one attached hydrogen (secondary N) is 2. The topological polar surface area (TPSA) is 103 Å². The fraction of sp³-hybridized carbons (Fsp3) is 0.522. The molecule has 2 N–H and O–H groups in total. The maximum Gasteiger partial charge on any atom is 0.249 e. The van der Waals surface area contributed by atoms with Crippen molar-refractivity contribution in [2.75, 3.05) is 32.6 Å². The first-order valence-electron chi connectivity index (χ1n) is 10.5. The van der Waals surface area contributed by atoms with Gasteiger partial charge in [0.05, 0.1) is 13.7 Å². The zero-order chi connectivity index (χ0) is 23.6. The number of allylic oxidation sites excluding steroid dienone is 1. The number of rotatable bonds is 10. The number of methoxy groups -OCH3 is 1. The first-order chi connectivity index (χ1) is 15.3. The first-order valence-corrected chi connectivity index (χ1v) is 11.5. The van der Waals surface area contributed by atoms with Gasteiger partial charge < -0.3 is 24.8 Å². The summed E-state index contributed by atoms with van der Waals surface area (Å²) in [6, 6.07) is 7.30. The molecule has 0 saturated carbocycles. The molecule has 1 saturated heterocycles. The minimum atomic E-state index is -0.722. The molecule has 0 aliphatic carbocycles. The molecule has 1 aromatic carbocycles. The summed E-state index contributed by atoms with van der Waals surface area (Å²) >= 11 is 1.15. The van der Waals surface area contributed by atoms with Crippen molar-refractivity contribution in [2.45, 2.75) is 39.6 Å². The van der Waals surface area contributed by atoms with Gasteiger partial charge in [-0.05, 0) is 25.1 Å². The molecular formula is C23H32N2O6S. The number of benzene rings is 1. The van der Waals surface area contributed by atoms with Gasteiger partial charge in [-0.3, -0.25) is 14.4 Å². The van der Waals surface area contributed by atoms with Gasteiger partial charge in [-0.15, -0.1) is 0 Å². The van der Waals surface area contributed by atoms with Crippen molar-refractivity contribution in [1.29, 1.82) is 0 Å². The number of amides is 2. The van der Waals surface area contributed by atoms with Crippen LogP contribution in [0.15, 0.2) is 36.4 Å². The summed E-state index contributed by atoms with van der Waals surface area (Å²) in [4.78, 5) is 36.1. The summed E-state index contributed by atoms with van der Waals surface area (Å²) in [5, 5.41) is 5.48. The van der Waals surface area contributed by atoms with Crippen molar-refractivity contribution in [3.05, 3.63) is 42.0 Å². The van der Waals surface area contributed by atoms with Gasteiger partial charge in [-0.2, -0.15) is 0 Å². The Morgan fingerprint density at radius 3 is 2.56 bits per heavy atom. The molecule has 1 aromatic rings. The van der Waals surface area contributed by atoms with Crippen LogP contribution in [-0.4, -0.2) is 55.6 Å². The van der Waals surface area contributed by atoms with Crippen LogP contribution in [0, 0.1) is 5.41 Å².